The molecule has 0 aromatic heterocycles. The fourth-order valence-electron chi connectivity index (χ4n) is 3.98. The van der Waals surface area contributed by atoms with E-state index in [9.17, 15) is 4.79 Å². The maximum Gasteiger partial charge on any atom is 0.239 e. The van der Waals surface area contributed by atoms with Gasteiger partial charge in [0.05, 0.1) is 10.9 Å². The summed E-state index contributed by atoms with van der Waals surface area (Å²) in [5.41, 5.74) is 6.79. The van der Waals surface area contributed by atoms with Gasteiger partial charge in [-0.25, -0.2) is 0 Å². The van der Waals surface area contributed by atoms with Crippen molar-refractivity contribution in [1.29, 1.82) is 0 Å². The number of rotatable bonds is 7. The molecule has 1 aliphatic carbocycles. The summed E-state index contributed by atoms with van der Waals surface area (Å²) in [7, 11) is 0. The summed E-state index contributed by atoms with van der Waals surface area (Å²) >= 11 is 1.79. The van der Waals surface area contributed by atoms with Crippen LogP contribution in [-0.4, -0.2) is 47.9 Å². The number of hydrogen-bond donors (Lipinski definition) is 1. The number of nitrogens with zero attached hydrogens (tertiary/aromatic N) is 1. The third-order valence-corrected chi connectivity index (χ3v) is 7.05. The molecule has 1 aromatic rings. The number of ether oxygens (including phenoxy) is 1. The van der Waals surface area contributed by atoms with Crippen molar-refractivity contribution in [2.24, 2.45) is 5.73 Å². The van der Waals surface area contributed by atoms with E-state index in [1.165, 1.54) is 10.5 Å². The van der Waals surface area contributed by atoms with Gasteiger partial charge in [0.15, 0.2) is 0 Å². The van der Waals surface area contributed by atoms with Crippen LogP contribution < -0.4 is 5.73 Å². The molecule has 0 unspecified atom stereocenters. The molecule has 152 valence electrons. The third kappa shape index (κ3) is 5.86. The zero-order valence-corrected chi connectivity index (χ0v) is 18.0. The quantitative estimate of drug-likeness (QED) is 0.682. The first-order valence-electron chi connectivity index (χ1n) is 10.00. The van der Waals surface area contributed by atoms with E-state index in [0.29, 0.717) is 12.5 Å². The Morgan fingerprint density at radius 2 is 1.85 bits per heavy atom. The van der Waals surface area contributed by atoms with Crippen molar-refractivity contribution in [2.45, 2.75) is 67.6 Å². The number of likely N-dealkylation sites (tertiary alicyclic amines) is 1. The molecule has 1 heterocycles. The normalized spacial score (nSPS) is 19.7. The average molecular weight is 413 g/mol. The summed E-state index contributed by atoms with van der Waals surface area (Å²) in [4.78, 5) is 16.7. The molecule has 2 N–H and O–H groups in total. The molecule has 4 nitrogen and oxygen atoms in total. The summed E-state index contributed by atoms with van der Waals surface area (Å²) in [6.45, 7) is 5.16. The molecule has 0 spiro atoms. The van der Waals surface area contributed by atoms with Gasteiger partial charge >= 0.3 is 0 Å². The van der Waals surface area contributed by atoms with Gasteiger partial charge in [-0.15, -0.1) is 24.2 Å². The monoisotopic (exact) mass is 412 g/mol. The Balaban J connectivity index is 0.00000261. The maximum atomic E-state index is 13.4. The van der Waals surface area contributed by atoms with E-state index < -0.39 is 0 Å². The van der Waals surface area contributed by atoms with E-state index in [2.05, 4.69) is 36.1 Å². The van der Waals surface area contributed by atoms with Crippen molar-refractivity contribution in [3.63, 3.8) is 0 Å². The number of carbonyl (C=O) groups is 1. The van der Waals surface area contributed by atoms with E-state index in [0.717, 1.165) is 64.6 Å². The second-order valence-corrected chi connectivity index (χ2v) is 9.08. The Kier molecular flexibility index (Phi) is 8.93. The lowest BCUT2D eigenvalue weighted by atomic mass is 10.0. The number of nitrogens with two attached hydrogens (primary N) is 1. The molecule has 1 aliphatic heterocycles. The van der Waals surface area contributed by atoms with Crippen LogP contribution in [0.2, 0.25) is 0 Å². The molecule has 1 amide bonds. The number of piperidine rings is 1. The summed E-state index contributed by atoms with van der Waals surface area (Å²) in [5.74, 6) is 0.348. The molecule has 0 bridgehead atoms. The molecule has 2 fully saturated rings. The van der Waals surface area contributed by atoms with Crippen LogP contribution in [0.5, 0.6) is 0 Å². The summed E-state index contributed by atoms with van der Waals surface area (Å²) in [6.07, 6.45) is 7.40. The summed E-state index contributed by atoms with van der Waals surface area (Å²) < 4.78 is 5.62. The Morgan fingerprint density at radius 3 is 2.44 bits per heavy atom. The third-order valence-electron chi connectivity index (χ3n) is 5.57. The first-order chi connectivity index (χ1) is 12.6. The fourth-order valence-corrected chi connectivity index (χ4v) is 5.42. The smallest absolute Gasteiger partial charge is 0.239 e. The standard InChI is InChI=1S/C21H32N2O2S.ClH/c1-17-5-7-19(8-6-17)26-21(11-2-3-12-21)20(24)23-14-9-18(10-15-23)25-16-4-13-22;/h5-8,18H,2-4,9-16,22H2,1H3;1H. The maximum absolute atomic E-state index is 13.4. The van der Waals surface area contributed by atoms with E-state index >= 15 is 0 Å². The molecule has 3 rings (SSSR count). The van der Waals surface area contributed by atoms with E-state index in [1.54, 1.807) is 11.8 Å². The second kappa shape index (κ2) is 10.7. The van der Waals surface area contributed by atoms with Crippen LogP contribution in [0.25, 0.3) is 0 Å². The summed E-state index contributed by atoms with van der Waals surface area (Å²) in [5, 5.41) is 0. The minimum Gasteiger partial charge on any atom is -0.378 e. The van der Waals surface area contributed by atoms with E-state index in [1.807, 2.05) is 0 Å². The van der Waals surface area contributed by atoms with E-state index in [4.69, 9.17) is 10.5 Å². The van der Waals surface area contributed by atoms with Crippen LogP contribution in [-0.2, 0) is 9.53 Å². The number of amides is 1. The Hall–Kier alpha value is -0.750. The number of benzene rings is 1. The number of carbonyl (C=O) groups excluding carboxylic acids is 1. The van der Waals surface area contributed by atoms with Gasteiger partial charge in [0.1, 0.15) is 0 Å². The number of aryl methyl sites for hydroxylation is 1. The fraction of sp³-hybridized carbons (Fsp3) is 0.667. The Labute approximate surface area is 174 Å². The molecule has 1 saturated carbocycles. The van der Waals surface area contributed by atoms with Gasteiger partial charge in [-0.3, -0.25) is 4.79 Å². The largest absolute Gasteiger partial charge is 0.378 e. The molecule has 2 aliphatic rings. The van der Waals surface area contributed by atoms with Crippen molar-refractivity contribution in [3.8, 4) is 0 Å². The molecule has 6 heteroatoms. The van der Waals surface area contributed by atoms with Crippen molar-refractivity contribution < 1.29 is 9.53 Å². The van der Waals surface area contributed by atoms with Gasteiger partial charge in [-0.05, 0) is 57.7 Å². The lowest BCUT2D eigenvalue weighted by Crippen LogP contribution is -2.49. The molecule has 0 radical (unpaired) electrons. The Morgan fingerprint density at radius 1 is 1.22 bits per heavy atom. The topological polar surface area (TPSA) is 55.6 Å². The van der Waals surface area contributed by atoms with Crippen LogP contribution >= 0.6 is 24.2 Å². The van der Waals surface area contributed by atoms with Gasteiger partial charge in [0.25, 0.3) is 0 Å². The molecule has 0 atom stereocenters. The van der Waals surface area contributed by atoms with Crippen molar-refractivity contribution in [1.82, 2.24) is 4.90 Å². The highest BCUT2D eigenvalue weighted by atomic mass is 35.5. The zero-order chi connectivity index (χ0) is 18.4. The van der Waals surface area contributed by atoms with E-state index in [-0.39, 0.29) is 23.3 Å². The highest BCUT2D eigenvalue weighted by Gasteiger charge is 2.45. The van der Waals surface area contributed by atoms with Gasteiger partial charge in [0, 0.05) is 24.6 Å². The number of hydrogen-bond acceptors (Lipinski definition) is 4. The van der Waals surface area contributed by atoms with Crippen molar-refractivity contribution >= 4 is 30.1 Å². The number of thioether (sulfide) groups is 1. The highest BCUT2D eigenvalue weighted by molar-refractivity contribution is 8.01. The van der Waals surface area contributed by atoms with Crippen LogP contribution in [0, 0.1) is 6.92 Å². The minimum atomic E-state index is -0.261. The predicted molar refractivity (Wildman–Crippen MR) is 115 cm³/mol. The highest BCUT2D eigenvalue weighted by Crippen LogP contribution is 2.46. The first-order valence-corrected chi connectivity index (χ1v) is 10.8. The molecular weight excluding hydrogens is 380 g/mol. The molecule has 1 saturated heterocycles. The lowest BCUT2D eigenvalue weighted by Gasteiger charge is -2.38. The van der Waals surface area contributed by atoms with Gasteiger partial charge in [0.2, 0.25) is 5.91 Å². The predicted octanol–water partition coefficient (Wildman–Crippen LogP) is 4.18. The van der Waals surface area contributed by atoms with Crippen LogP contribution in [0.15, 0.2) is 29.2 Å². The van der Waals surface area contributed by atoms with Crippen molar-refractivity contribution in [2.75, 3.05) is 26.2 Å². The average Bonchev–Trinajstić information content (AvgIpc) is 3.13. The Bertz CT molecular complexity index is 582. The minimum absolute atomic E-state index is 0. The molecule has 27 heavy (non-hydrogen) atoms. The van der Waals surface area contributed by atoms with Gasteiger partial charge in [-0.2, -0.15) is 0 Å². The number of halogens is 1. The van der Waals surface area contributed by atoms with Crippen LogP contribution in [0.3, 0.4) is 0 Å². The summed E-state index contributed by atoms with van der Waals surface area (Å²) in [6, 6.07) is 8.59. The van der Waals surface area contributed by atoms with Gasteiger partial charge < -0.3 is 15.4 Å². The van der Waals surface area contributed by atoms with Crippen molar-refractivity contribution in [3.05, 3.63) is 29.8 Å². The zero-order valence-electron chi connectivity index (χ0n) is 16.3. The molecule has 1 aromatic carbocycles. The molecular formula is C21H33ClN2O2S. The SMILES string of the molecule is Cc1ccc(SC2(C(=O)N3CCC(OCCCN)CC3)CCCC2)cc1.Cl. The lowest BCUT2D eigenvalue weighted by molar-refractivity contribution is -0.136. The van der Waals surface area contributed by atoms with Crippen LogP contribution in [0.1, 0.15) is 50.5 Å². The van der Waals surface area contributed by atoms with Crippen LogP contribution in [0.4, 0.5) is 0 Å². The second-order valence-electron chi connectivity index (χ2n) is 7.62. The van der Waals surface area contributed by atoms with Gasteiger partial charge in [-0.1, -0.05) is 30.5 Å². The first kappa shape index (κ1) is 22.5.